The number of aryl methyl sites for hydroxylation is 2. The highest BCUT2D eigenvalue weighted by Gasteiger charge is 2.10. The number of amides is 1. The van der Waals surface area contributed by atoms with Crippen molar-refractivity contribution in [2.45, 2.75) is 13.8 Å². The maximum Gasteiger partial charge on any atom is 0.270 e. The van der Waals surface area contributed by atoms with E-state index in [0.29, 0.717) is 24.8 Å². The second kappa shape index (κ2) is 7.51. The van der Waals surface area contributed by atoms with Crippen molar-refractivity contribution < 1.29 is 9.53 Å². The Balaban J connectivity index is 2.16. The van der Waals surface area contributed by atoms with Gasteiger partial charge in [-0.15, -0.1) is 0 Å². The molecule has 2 N–H and O–H groups in total. The summed E-state index contributed by atoms with van der Waals surface area (Å²) >= 11 is 0. The maximum absolute atomic E-state index is 12.1. The van der Waals surface area contributed by atoms with Gasteiger partial charge in [-0.3, -0.25) is 4.79 Å². The molecule has 0 unspecified atom stereocenters. The number of carbonyl (C=O) groups is 1. The second-order valence-electron chi connectivity index (χ2n) is 4.91. The zero-order valence-electron chi connectivity index (χ0n) is 13.0. The van der Waals surface area contributed by atoms with Crippen LogP contribution in [0.3, 0.4) is 0 Å². The normalized spacial score (nSPS) is 10.3. The summed E-state index contributed by atoms with van der Waals surface area (Å²) in [5, 5.41) is 5.90. The number of hydrogen-bond donors (Lipinski definition) is 2. The van der Waals surface area contributed by atoms with Crippen LogP contribution in [0, 0.1) is 13.8 Å². The molecule has 0 saturated heterocycles. The monoisotopic (exact) mass is 300 g/mol. The van der Waals surface area contributed by atoms with E-state index < -0.39 is 0 Å². The summed E-state index contributed by atoms with van der Waals surface area (Å²) in [5.41, 5.74) is 3.06. The van der Waals surface area contributed by atoms with Gasteiger partial charge in [0.05, 0.1) is 6.61 Å². The SMILES string of the molecule is COCCNC(=O)c1cc(C)nc(Nc2ccccc2C)n1. The van der Waals surface area contributed by atoms with E-state index in [2.05, 4.69) is 20.6 Å². The molecule has 6 heteroatoms. The molecule has 0 saturated carbocycles. The van der Waals surface area contributed by atoms with Gasteiger partial charge in [-0.05, 0) is 31.5 Å². The standard InChI is InChI=1S/C16H20N4O2/c1-11-6-4-5-7-13(11)19-16-18-12(2)10-14(20-16)15(21)17-8-9-22-3/h4-7,10H,8-9H2,1-3H3,(H,17,21)(H,18,19,20). The van der Waals surface area contributed by atoms with E-state index in [9.17, 15) is 4.79 Å². The molecule has 2 rings (SSSR count). The van der Waals surface area contributed by atoms with Gasteiger partial charge in [0.25, 0.3) is 5.91 Å². The lowest BCUT2D eigenvalue weighted by Gasteiger charge is -2.10. The average molecular weight is 300 g/mol. The number of benzene rings is 1. The number of hydrogen-bond acceptors (Lipinski definition) is 5. The van der Waals surface area contributed by atoms with Crippen molar-refractivity contribution in [1.82, 2.24) is 15.3 Å². The summed E-state index contributed by atoms with van der Waals surface area (Å²) in [6, 6.07) is 9.50. The van der Waals surface area contributed by atoms with E-state index in [1.54, 1.807) is 13.2 Å². The molecule has 0 bridgehead atoms. The van der Waals surface area contributed by atoms with Gasteiger partial charge < -0.3 is 15.4 Å². The third-order valence-corrected chi connectivity index (χ3v) is 3.07. The summed E-state index contributed by atoms with van der Waals surface area (Å²) in [5.74, 6) is 0.168. The minimum Gasteiger partial charge on any atom is -0.383 e. The van der Waals surface area contributed by atoms with E-state index in [0.717, 1.165) is 16.9 Å². The molecule has 1 heterocycles. The summed E-state index contributed by atoms with van der Waals surface area (Å²) < 4.78 is 4.91. The number of nitrogens with zero attached hydrogens (tertiary/aromatic N) is 2. The van der Waals surface area contributed by atoms with Gasteiger partial charge in [0.15, 0.2) is 0 Å². The Morgan fingerprint density at radius 1 is 1.23 bits per heavy atom. The van der Waals surface area contributed by atoms with Crippen molar-refractivity contribution in [3.05, 3.63) is 47.3 Å². The Morgan fingerprint density at radius 2 is 2.00 bits per heavy atom. The van der Waals surface area contributed by atoms with Gasteiger partial charge >= 0.3 is 0 Å². The summed E-state index contributed by atoms with van der Waals surface area (Å²) in [6.07, 6.45) is 0. The van der Waals surface area contributed by atoms with E-state index >= 15 is 0 Å². The van der Waals surface area contributed by atoms with Crippen molar-refractivity contribution in [2.75, 3.05) is 25.6 Å². The molecule has 0 aliphatic rings. The van der Waals surface area contributed by atoms with Crippen LogP contribution >= 0.6 is 0 Å². The predicted molar refractivity (Wildman–Crippen MR) is 85.4 cm³/mol. The quantitative estimate of drug-likeness (QED) is 0.800. The number of anilines is 2. The molecule has 6 nitrogen and oxygen atoms in total. The van der Waals surface area contributed by atoms with E-state index in [-0.39, 0.29) is 5.91 Å². The van der Waals surface area contributed by atoms with E-state index in [1.807, 2.05) is 38.1 Å². The molecule has 0 aliphatic carbocycles. The van der Waals surface area contributed by atoms with Crippen molar-refractivity contribution in [3.8, 4) is 0 Å². The highest BCUT2D eigenvalue weighted by atomic mass is 16.5. The van der Waals surface area contributed by atoms with Crippen LogP contribution in [-0.4, -0.2) is 36.1 Å². The van der Waals surface area contributed by atoms with Gasteiger partial charge in [-0.2, -0.15) is 0 Å². The first-order chi connectivity index (χ1) is 10.6. The third-order valence-electron chi connectivity index (χ3n) is 3.07. The van der Waals surface area contributed by atoms with Crippen LogP contribution in [0.2, 0.25) is 0 Å². The number of methoxy groups -OCH3 is 1. The summed E-state index contributed by atoms with van der Waals surface area (Å²) in [4.78, 5) is 20.7. The number of aromatic nitrogens is 2. The lowest BCUT2D eigenvalue weighted by atomic mass is 10.2. The van der Waals surface area contributed by atoms with Crippen LogP contribution < -0.4 is 10.6 Å². The minimum atomic E-state index is -0.240. The van der Waals surface area contributed by atoms with Crippen LogP contribution in [0.5, 0.6) is 0 Å². The smallest absolute Gasteiger partial charge is 0.270 e. The number of carbonyl (C=O) groups excluding carboxylic acids is 1. The van der Waals surface area contributed by atoms with Crippen LogP contribution in [0.4, 0.5) is 11.6 Å². The molecule has 0 fully saturated rings. The van der Waals surface area contributed by atoms with Crippen molar-refractivity contribution in [2.24, 2.45) is 0 Å². The maximum atomic E-state index is 12.1. The Hall–Kier alpha value is -2.47. The van der Waals surface area contributed by atoms with Crippen molar-refractivity contribution in [1.29, 1.82) is 0 Å². The first-order valence-electron chi connectivity index (χ1n) is 7.05. The molecule has 1 amide bonds. The minimum absolute atomic E-state index is 0.240. The highest BCUT2D eigenvalue weighted by Crippen LogP contribution is 2.17. The van der Waals surface area contributed by atoms with Crippen LogP contribution in [0.15, 0.2) is 30.3 Å². The predicted octanol–water partition coefficient (Wildman–Crippen LogP) is 2.21. The summed E-state index contributed by atoms with van der Waals surface area (Å²) in [6.45, 7) is 4.73. The van der Waals surface area contributed by atoms with Gasteiger partial charge in [0.2, 0.25) is 5.95 Å². The van der Waals surface area contributed by atoms with Crippen LogP contribution in [-0.2, 0) is 4.74 Å². The molecular weight excluding hydrogens is 280 g/mol. The zero-order chi connectivity index (χ0) is 15.9. The highest BCUT2D eigenvalue weighted by molar-refractivity contribution is 5.92. The molecular formula is C16H20N4O2. The molecule has 0 spiro atoms. The average Bonchev–Trinajstić information content (AvgIpc) is 2.49. The van der Waals surface area contributed by atoms with E-state index in [1.165, 1.54) is 0 Å². The van der Waals surface area contributed by atoms with Gasteiger partial charge in [-0.25, -0.2) is 9.97 Å². The Morgan fingerprint density at radius 3 is 2.73 bits per heavy atom. The topological polar surface area (TPSA) is 76.1 Å². The molecule has 116 valence electrons. The first-order valence-corrected chi connectivity index (χ1v) is 7.05. The van der Waals surface area contributed by atoms with E-state index in [4.69, 9.17) is 4.74 Å². The molecule has 2 aromatic rings. The largest absolute Gasteiger partial charge is 0.383 e. The van der Waals surface area contributed by atoms with Crippen LogP contribution in [0.25, 0.3) is 0 Å². The Kier molecular flexibility index (Phi) is 5.43. The third kappa shape index (κ3) is 4.26. The fraction of sp³-hybridized carbons (Fsp3) is 0.312. The lowest BCUT2D eigenvalue weighted by molar-refractivity contribution is 0.0932. The Bertz CT molecular complexity index is 658. The number of para-hydroxylation sites is 1. The van der Waals surface area contributed by atoms with Gasteiger partial charge in [0.1, 0.15) is 5.69 Å². The van der Waals surface area contributed by atoms with Crippen molar-refractivity contribution >= 4 is 17.5 Å². The lowest BCUT2D eigenvalue weighted by Crippen LogP contribution is -2.28. The first kappa shape index (κ1) is 15.9. The van der Waals surface area contributed by atoms with Crippen molar-refractivity contribution in [3.63, 3.8) is 0 Å². The summed E-state index contributed by atoms with van der Waals surface area (Å²) in [7, 11) is 1.59. The fourth-order valence-corrected chi connectivity index (χ4v) is 1.93. The Labute approximate surface area is 129 Å². The second-order valence-corrected chi connectivity index (χ2v) is 4.91. The van der Waals surface area contributed by atoms with Gasteiger partial charge in [0, 0.05) is 25.0 Å². The molecule has 0 aliphatic heterocycles. The number of ether oxygens (including phenoxy) is 1. The number of rotatable bonds is 6. The van der Waals surface area contributed by atoms with Crippen LogP contribution in [0.1, 0.15) is 21.7 Å². The molecule has 1 aromatic heterocycles. The molecule has 0 radical (unpaired) electrons. The fourth-order valence-electron chi connectivity index (χ4n) is 1.93. The number of nitrogens with one attached hydrogen (secondary N) is 2. The molecule has 0 atom stereocenters. The zero-order valence-corrected chi connectivity index (χ0v) is 13.0. The molecule has 22 heavy (non-hydrogen) atoms. The molecule has 1 aromatic carbocycles. The van der Waals surface area contributed by atoms with Gasteiger partial charge in [-0.1, -0.05) is 18.2 Å².